The minimum absolute atomic E-state index is 0.619. The lowest BCUT2D eigenvalue weighted by molar-refractivity contribution is 0.909. The van der Waals surface area contributed by atoms with Gasteiger partial charge in [-0.2, -0.15) is 5.26 Å². The lowest BCUT2D eigenvalue weighted by Crippen LogP contribution is -2.03. The van der Waals surface area contributed by atoms with Gasteiger partial charge in [0.05, 0.1) is 33.7 Å². The van der Waals surface area contributed by atoms with E-state index in [1.807, 2.05) is 103 Å². The number of aromatic nitrogens is 4. The number of imidazole rings is 1. The Bertz CT molecular complexity index is 2540. The van der Waals surface area contributed by atoms with Crippen LogP contribution >= 0.6 is 0 Å². The van der Waals surface area contributed by atoms with Crippen LogP contribution in [0, 0.1) is 18.3 Å². The molecule has 0 aliphatic carbocycles. The van der Waals surface area contributed by atoms with Crippen molar-refractivity contribution < 1.29 is 0 Å². The summed E-state index contributed by atoms with van der Waals surface area (Å²) in [4.78, 5) is 15.1. The van der Waals surface area contributed by atoms with Gasteiger partial charge in [0, 0.05) is 45.4 Å². The van der Waals surface area contributed by atoms with Crippen LogP contribution in [0.15, 0.2) is 152 Å². The SMILES string of the molecule is CCc1nc2ccccc2n1-c1ccccc1-c1cccc(-c2cccc(-c3nc(-c4ccccc4)nc(-c4ccccc4)c3C)c2)c1C#N. The van der Waals surface area contributed by atoms with Gasteiger partial charge < -0.3 is 0 Å². The van der Waals surface area contributed by atoms with Gasteiger partial charge in [-0.3, -0.25) is 4.57 Å². The van der Waals surface area contributed by atoms with Crippen molar-refractivity contribution >= 4 is 11.0 Å². The molecule has 6 aromatic carbocycles. The third-order valence-corrected chi connectivity index (χ3v) is 9.23. The van der Waals surface area contributed by atoms with E-state index in [9.17, 15) is 5.26 Å². The number of hydrogen-bond acceptors (Lipinski definition) is 4. The van der Waals surface area contributed by atoms with E-state index in [2.05, 4.69) is 73.0 Å². The molecule has 8 rings (SSSR count). The highest BCUT2D eigenvalue weighted by Gasteiger charge is 2.20. The van der Waals surface area contributed by atoms with Gasteiger partial charge in [0.15, 0.2) is 5.82 Å². The number of nitriles is 1. The first-order chi connectivity index (χ1) is 24.6. The Morgan fingerprint density at radius 3 is 1.90 bits per heavy atom. The molecule has 0 bridgehead atoms. The van der Waals surface area contributed by atoms with Crippen LogP contribution in [0.5, 0.6) is 0 Å². The number of para-hydroxylation sites is 3. The minimum Gasteiger partial charge on any atom is -0.296 e. The summed E-state index contributed by atoms with van der Waals surface area (Å²) < 4.78 is 2.23. The summed E-state index contributed by atoms with van der Waals surface area (Å²) in [5.41, 5.74) is 13.0. The molecule has 238 valence electrons. The Balaban J connectivity index is 1.29. The van der Waals surface area contributed by atoms with E-state index in [1.165, 1.54) is 0 Å². The predicted molar refractivity (Wildman–Crippen MR) is 203 cm³/mol. The maximum absolute atomic E-state index is 10.8. The molecule has 0 radical (unpaired) electrons. The molecule has 5 heteroatoms. The van der Waals surface area contributed by atoms with Crippen molar-refractivity contribution in [2.75, 3.05) is 0 Å². The topological polar surface area (TPSA) is 67.4 Å². The van der Waals surface area contributed by atoms with Gasteiger partial charge >= 0.3 is 0 Å². The summed E-state index contributed by atoms with van der Waals surface area (Å²) in [5, 5.41) is 10.8. The summed E-state index contributed by atoms with van der Waals surface area (Å²) in [5.74, 6) is 1.65. The number of rotatable bonds is 7. The second-order valence-electron chi connectivity index (χ2n) is 12.2. The molecule has 0 amide bonds. The smallest absolute Gasteiger partial charge is 0.160 e. The quantitative estimate of drug-likeness (QED) is 0.173. The summed E-state index contributed by atoms with van der Waals surface area (Å²) in [6.45, 7) is 4.21. The molecule has 0 spiro atoms. The Labute approximate surface area is 291 Å². The minimum atomic E-state index is 0.619. The third kappa shape index (κ3) is 5.43. The Morgan fingerprint density at radius 2 is 1.14 bits per heavy atom. The summed E-state index contributed by atoms with van der Waals surface area (Å²) >= 11 is 0. The Hall–Kier alpha value is -6.64. The van der Waals surface area contributed by atoms with E-state index < -0.39 is 0 Å². The molecule has 0 atom stereocenters. The second-order valence-corrected chi connectivity index (χ2v) is 12.2. The average molecular weight is 644 g/mol. The molecule has 0 fully saturated rings. The van der Waals surface area contributed by atoms with Crippen LogP contribution < -0.4 is 0 Å². The summed E-state index contributed by atoms with van der Waals surface area (Å²) in [6, 6.07) is 53.9. The van der Waals surface area contributed by atoms with Crippen molar-refractivity contribution in [3.05, 3.63) is 169 Å². The lowest BCUT2D eigenvalue weighted by atomic mass is 9.90. The molecule has 2 aromatic heterocycles. The monoisotopic (exact) mass is 643 g/mol. The molecule has 2 heterocycles. The van der Waals surface area contributed by atoms with E-state index in [4.69, 9.17) is 15.0 Å². The van der Waals surface area contributed by atoms with E-state index in [-0.39, 0.29) is 0 Å². The fourth-order valence-electron chi connectivity index (χ4n) is 6.84. The molecule has 0 N–H and O–H groups in total. The Morgan fingerprint density at radius 1 is 0.560 bits per heavy atom. The van der Waals surface area contributed by atoms with Gasteiger partial charge in [0.1, 0.15) is 11.9 Å². The first-order valence-electron chi connectivity index (χ1n) is 16.8. The maximum Gasteiger partial charge on any atom is 0.160 e. The fourth-order valence-corrected chi connectivity index (χ4v) is 6.84. The Kier molecular flexibility index (Phi) is 8.04. The van der Waals surface area contributed by atoms with Crippen LogP contribution in [0.3, 0.4) is 0 Å². The molecule has 8 aromatic rings. The zero-order valence-corrected chi connectivity index (χ0v) is 27.9. The van der Waals surface area contributed by atoms with Gasteiger partial charge in [0.2, 0.25) is 0 Å². The number of benzene rings is 6. The first kappa shape index (κ1) is 30.7. The number of nitrogens with zero attached hydrogens (tertiary/aromatic N) is 5. The summed E-state index contributed by atoms with van der Waals surface area (Å²) in [7, 11) is 0. The van der Waals surface area contributed by atoms with E-state index in [0.29, 0.717) is 11.4 Å². The van der Waals surface area contributed by atoms with Gasteiger partial charge in [-0.15, -0.1) is 0 Å². The van der Waals surface area contributed by atoms with Crippen LogP contribution in [0.25, 0.3) is 72.9 Å². The average Bonchev–Trinajstić information content (AvgIpc) is 3.57. The van der Waals surface area contributed by atoms with Crippen molar-refractivity contribution in [2.45, 2.75) is 20.3 Å². The van der Waals surface area contributed by atoms with E-state index in [1.54, 1.807) is 0 Å². The van der Waals surface area contributed by atoms with E-state index >= 15 is 0 Å². The third-order valence-electron chi connectivity index (χ3n) is 9.23. The van der Waals surface area contributed by atoms with Crippen LogP contribution in [0.1, 0.15) is 23.9 Å². The van der Waals surface area contributed by atoms with Gasteiger partial charge in [-0.05, 0) is 36.8 Å². The van der Waals surface area contributed by atoms with Crippen molar-refractivity contribution in [1.29, 1.82) is 5.26 Å². The standard InChI is InChI=1S/C45H33N5/c1-3-42-47-39-25-11-13-27-41(39)50(42)40-26-12-10-22-37(40)36-24-15-23-35(38(36)29-46)33-20-14-21-34(28-33)44-30(2)43(31-16-6-4-7-17-31)48-45(49-44)32-18-8-5-9-19-32/h4-28H,3H2,1-2H3. The van der Waals surface area contributed by atoms with Crippen LogP contribution in [0.2, 0.25) is 0 Å². The predicted octanol–water partition coefficient (Wildman–Crippen LogP) is 10.9. The largest absolute Gasteiger partial charge is 0.296 e. The molecular weight excluding hydrogens is 611 g/mol. The molecule has 5 nitrogen and oxygen atoms in total. The molecule has 0 aliphatic rings. The number of fused-ring (bicyclic) bond motifs is 1. The zero-order valence-electron chi connectivity index (χ0n) is 27.9. The van der Waals surface area contributed by atoms with Crippen molar-refractivity contribution in [3.63, 3.8) is 0 Å². The van der Waals surface area contributed by atoms with Crippen molar-refractivity contribution in [1.82, 2.24) is 19.5 Å². The first-order valence-corrected chi connectivity index (χ1v) is 16.8. The highest BCUT2D eigenvalue weighted by Crippen LogP contribution is 2.39. The molecule has 0 saturated carbocycles. The highest BCUT2D eigenvalue weighted by atomic mass is 15.1. The van der Waals surface area contributed by atoms with Crippen LogP contribution in [-0.2, 0) is 6.42 Å². The highest BCUT2D eigenvalue weighted by molar-refractivity contribution is 5.89. The fraction of sp³-hybridized carbons (Fsp3) is 0.0667. The molecule has 0 aliphatic heterocycles. The summed E-state index contributed by atoms with van der Waals surface area (Å²) in [6.07, 6.45) is 0.779. The van der Waals surface area contributed by atoms with Crippen LogP contribution in [-0.4, -0.2) is 19.5 Å². The van der Waals surface area contributed by atoms with Crippen molar-refractivity contribution in [2.24, 2.45) is 0 Å². The molecule has 0 unspecified atom stereocenters. The van der Waals surface area contributed by atoms with Gasteiger partial charge in [-0.25, -0.2) is 15.0 Å². The van der Waals surface area contributed by atoms with Crippen LogP contribution in [0.4, 0.5) is 0 Å². The molecule has 50 heavy (non-hydrogen) atoms. The molecule has 0 saturated heterocycles. The van der Waals surface area contributed by atoms with E-state index in [0.717, 1.165) is 84.9 Å². The lowest BCUT2D eigenvalue weighted by Gasteiger charge is -2.17. The number of aryl methyl sites for hydroxylation is 1. The second kappa shape index (κ2) is 13.1. The zero-order chi connectivity index (χ0) is 34.0. The van der Waals surface area contributed by atoms with Crippen molar-refractivity contribution in [3.8, 4) is 67.9 Å². The normalized spacial score (nSPS) is 11.1. The number of hydrogen-bond donors (Lipinski definition) is 0. The van der Waals surface area contributed by atoms with Gasteiger partial charge in [0.25, 0.3) is 0 Å². The molecular formula is C45H33N5. The maximum atomic E-state index is 10.8. The van der Waals surface area contributed by atoms with Gasteiger partial charge in [-0.1, -0.05) is 134 Å².